The van der Waals surface area contributed by atoms with Crippen LogP contribution in [0, 0.1) is 0 Å². The van der Waals surface area contributed by atoms with Crippen LogP contribution in [0.1, 0.15) is 52.9 Å². The van der Waals surface area contributed by atoms with Crippen LogP contribution in [0.25, 0.3) is 0 Å². The quantitative estimate of drug-likeness (QED) is 0.400. The Morgan fingerprint density at radius 2 is 1.56 bits per heavy atom. The molecule has 0 aromatic rings. The molecule has 4 nitrogen and oxygen atoms in total. The lowest BCUT2D eigenvalue weighted by Gasteiger charge is -2.08. The van der Waals surface area contributed by atoms with E-state index in [4.69, 9.17) is 14.2 Å². The Labute approximate surface area is 111 Å². The topological polar surface area (TPSA) is 44.8 Å². The van der Waals surface area contributed by atoms with Crippen molar-refractivity contribution in [3.05, 3.63) is 0 Å². The van der Waals surface area contributed by atoms with Gasteiger partial charge in [0.15, 0.2) is 0 Å². The predicted octanol–water partition coefficient (Wildman–Crippen LogP) is 2.94. The lowest BCUT2D eigenvalue weighted by atomic mass is 10.3. The van der Waals surface area contributed by atoms with Crippen molar-refractivity contribution in [2.24, 2.45) is 0 Å². The molecular weight excluding hydrogens is 232 g/mol. The molecule has 0 N–H and O–H groups in total. The first-order valence-corrected chi connectivity index (χ1v) is 7.01. The summed E-state index contributed by atoms with van der Waals surface area (Å²) in [7, 11) is 0. The largest absolute Gasteiger partial charge is 0.463 e. The summed E-state index contributed by atoms with van der Waals surface area (Å²) in [6.07, 6.45) is 4.66. The molecule has 108 valence electrons. The van der Waals surface area contributed by atoms with Gasteiger partial charge in [-0.2, -0.15) is 0 Å². The van der Waals surface area contributed by atoms with Crippen LogP contribution in [0.5, 0.6) is 0 Å². The highest BCUT2D eigenvalue weighted by atomic mass is 16.5. The average molecular weight is 260 g/mol. The van der Waals surface area contributed by atoms with Gasteiger partial charge in [-0.3, -0.25) is 4.79 Å². The number of unbranched alkanes of at least 4 members (excludes halogenated alkanes) is 2. The van der Waals surface area contributed by atoms with Gasteiger partial charge in [-0.05, 0) is 26.7 Å². The predicted molar refractivity (Wildman–Crippen MR) is 71.6 cm³/mol. The molecule has 0 atom stereocenters. The zero-order valence-corrected chi connectivity index (χ0v) is 12.1. The fraction of sp³-hybridized carbons (Fsp3) is 0.929. The summed E-state index contributed by atoms with van der Waals surface area (Å²) in [5.74, 6) is -0.149. The molecule has 0 aliphatic rings. The maximum absolute atomic E-state index is 11.2. The second-order valence-corrected chi connectivity index (χ2v) is 4.57. The second-order valence-electron chi connectivity index (χ2n) is 4.57. The molecule has 18 heavy (non-hydrogen) atoms. The molecule has 0 aliphatic heterocycles. The lowest BCUT2D eigenvalue weighted by molar-refractivity contribution is -0.147. The Balaban J connectivity index is 3.09. The van der Waals surface area contributed by atoms with Crippen molar-refractivity contribution in [3.63, 3.8) is 0 Å². The van der Waals surface area contributed by atoms with Crippen LogP contribution in [0.15, 0.2) is 0 Å². The summed E-state index contributed by atoms with van der Waals surface area (Å²) in [4.78, 5) is 11.2. The van der Waals surface area contributed by atoms with Crippen LogP contribution in [-0.2, 0) is 19.0 Å². The van der Waals surface area contributed by atoms with Gasteiger partial charge in [0.2, 0.25) is 0 Å². The number of carbonyl (C=O) groups is 1. The molecular formula is C14H28O4. The first kappa shape index (κ1) is 17.4. The van der Waals surface area contributed by atoms with E-state index in [0.717, 1.165) is 13.0 Å². The van der Waals surface area contributed by atoms with Crippen LogP contribution in [0.3, 0.4) is 0 Å². The SMILES string of the molecule is CCCCCOCCOCCCC(=O)OC(C)C. The standard InChI is InChI=1S/C14H28O4/c1-4-5-6-9-16-11-12-17-10-7-8-14(15)18-13(2)3/h13H,4-12H2,1-3H3. The number of ether oxygens (including phenoxy) is 3. The number of hydrogen-bond acceptors (Lipinski definition) is 4. The van der Waals surface area contributed by atoms with Gasteiger partial charge in [0, 0.05) is 19.6 Å². The van der Waals surface area contributed by atoms with E-state index in [9.17, 15) is 4.79 Å². The molecule has 0 amide bonds. The lowest BCUT2D eigenvalue weighted by Crippen LogP contribution is -2.12. The van der Waals surface area contributed by atoms with Crippen molar-refractivity contribution in [2.75, 3.05) is 26.4 Å². The van der Waals surface area contributed by atoms with Crippen molar-refractivity contribution in [1.29, 1.82) is 0 Å². The molecule has 0 saturated heterocycles. The Morgan fingerprint density at radius 3 is 2.11 bits per heavy atom. The van der Waals surface area contributed by atoms with Crippen LogP contribution in [0.2, 0.25) is 0 Å². The van der Waals surface area contributed by atoms with Crippen LogP contribution in [0.4, 0.5) is 0 Å². The van der Waals surface area contributed by atoms with Crippen molar-refractivity contribution < 1.29 is 19.0 Å². The third-order valence-electron chi connectivity index (χ3n) is 2.30. The third kappa shape index (κ3) is 13.5. The summed E-state index contributed by atoms with van der Waals surface area (Å²) in [5, 5.41) is 0. The summed E-state index contributed by atoms with van der Waals surface area (Å²) >= 11 is 0. The molecule has 4 heteroatoms. The second kappa shape index (κ2) is 12.8. The van der Waals surface area contributed by atoms with E-state index < -0.39 is 0 Å². The van der Waals surface area contributed by atoms with Gasteiger partial charge in [0.1, 0.15) is 0 Å². The number of rotatable bonds is 12. The Kier molecular flexibility index (Phi) is 12.4. The number of hydrogen-bond donors (Lipinski definition) is 0. The van der Waals surface area contributed by atoms with Crippen LogP contribution >= 0.6 is 0 Å². The average Bonchev–Trinajstić information content (AvgIpc) is 2.30. The van der Waals surface area contributed by atoms with Gasteiger partial charge in [0.25, 0.3) is 0 Å². The van der Waals surface area contributed by atoms with E-state index in [2.05, 4.69) is 6.92 Å². The van der Waals surface area contributed by atoms with Crippen molar-refractivity contribution in [1.82, 2.24) is 0 Å². The summed E-state index contributed by atoms with van der Waals surface area (Å²) < 4.78 is 15.8. The summed E-state index contributed by atoms with van der Waals surface area (Å²) in [6, 6.07) is 0. The molecule has 0 radical (unpaired) electrons. The first-order chi connectivity index (χ1) is 8.66. The molecule has 0 heterocycles. The van der Waals surface area contributed by atoms with Gasteiger partial charge < -0.3 is 14.2 Å². The Bertz CT molecular complexity index is 192. The molecule has 0 rings (SSSR count). The monoisotopic (exact) mass is 260 g/mol. The van der Waals surface area contributed by atoms with E-state index in [0.29, 0.717) is 32.7 Å². The van der Waals surface area contributed by atoms with Gasteiger partial charge in [-0.25, -0.2) is 0 Å². The highest BCUT2D eigenvalue weighted by Crippen LogP contribution is 1.98. The minimum Gasteiger partial charge on any atom is -0.463 e. The Hall–Kier alpha value is -0.610. The van der Waals surface area contributed by atoms with Gasteiger partial charge in [-0.1, -0.05) is 19.8 Å². The van der Waals surface area contributed by atoms with Gasteiger partial charge >= 0.3 is 5.97 Å². The van der Waals surface area contributed by atoms with Crippen molar-refractivity contribution >= 4 is 5.97 Å². The zero-order chi connectivity index (χ0) is 13.6. The smallest absolute Gasteiger partial charge is 0.306 e. The Morgan fingerprint density at radius 1 is 0.944 bits per heavy atom. The van der Waals surface area contributed by atoms with E-state index in [-0.39, 0.29) is 12.1 Å². The normalized spacial score (nSPS) is 10.9. The van der Waals surface area contributed by atoms with E-state index in [1.807, 2.05) is 13.8 Å². The molecule has 0 aliphatic carbocycles. The number of carbonyl (C=O) groups excluding carboxylic acids is 1. The fourth-order valence-electron chi connectivity index (χ4n) is 1.42. The van der Waals surface area contributed by atoms with E-state index >= 15 is 0 Å². The van der Waals surface area contributed by atoms with Gasteiger partial charge in [0.05, 0.1) is 19.3 Å². The fourth-order valence-corrected chi connectivity index (χ4v) is 1.42. The molecule has 0 bridgehead atoms. The minimum absolute atomic E-state index is 0.0325. The molecule has 0 fully saturated rings. The molecule has 0 aromatic heterocycles. The highest BCUT2D eigenvalue weighted by molar-refractivity contribution is 5.69. The third-order valence-corrected chi connectivity index (χ3v) is 2.30. The summed E-state index contributed by atoms with van der Waals surface area (Å²) in [5.41, 5.74) is 0. The first-order valence-electron chi connectivity index (χ1n) is 7.01. The molecule has 0 unspecified atom stereocenters. The summed E-state index contributed by atoms with van der Waals surface area (Å²) in [6.45, 7) is 8.52. The molecule has 0 aromatic carbocycles. The van der Waals surface area contributed by atoms with E-state index in [1.54, 1.807) is 0 Å². The van der Waals surface area contributed by atoms with E-state index in [1.165, 1.54) is 12.8 Å². The van der Waals surface area contributed by atoms with Crippen molar-refractivity contribution in [3.8, 4) is 0 Å². The van der Waals surface area contributed by atoms with Crippen LogP contribution < -0.4 is 0 Å². The maximum Gasteiger partial charge on any atom is 0.306 e. The highest BCUT2D eigenvalue weighted by Gasteiger charge is 2.04. The number of esters is 1. The van der Waals surface area contributed by atoms with Crippen molar-refractivity contribution in [2.45, 2.75) is 59.0 Å². The maximum atomic E-state index is 11.2. The molecule has 0 saturated carbocycles. The zero-order valence-electron chi connectivity index (χ0n) is 12.1. The molecule has 0 spiro atoms. The minimum atomic E-state index is -0.149. The van der Waals surface area contributed by atoms with Gasteiger partial charge in [-0.15, -0.1) is 0 Å². The van der Waals surface area contributed by atoms with Crippen LogP contribution in [-0.4, -0.2) is 38.5 Å².